The van der Waals surface area contributed by atoms with Crippen LogP contribution in [0.3, 0.4) is 0 Å². The molecule has 1 saturated heterocycles. The Balaban J connectivity index is 0.00000361. The van der Waals surface area contributed by atoms with E-state index in [1.165, 1.54) is 11.3 Å². The number of benzene rings is 2. The summed E-state index contributed by atoms with van der Waals surface area (Å²) >= 11 is 7.81. The van der Waals surface area contributed by atoms with Gasteiger partial charge in [0.15, 0.2) is 11.7 Å². The summed E-state index contributed by atoms with van der Waals surface area (Å²) < 4.78 is 22.9. The molecular formula is C25H31Cl2N3O5S. The van der Waals surface area contributed by atoms with E-state index in [0.717, 1.165) is 49.7 Å². The molecule has 1 amide bonds. The SMILES string of the molecule is CCOc1ccc(OCC(=O)N(CCCN2CCOCC2)c2nc3c(OC)ccc(Cl)c3s2)cc1.Cl. The maximum Gasteiger partial charge on any atom is 0.266 e. The van der Waals surface area contributed by atoms with Crippen molar-refractivity contribution in [2.75, 3.05) is 64.6 Å². The molecule has 2 aromatic carbocycles. The fraction of sp³-hybridized carbons (Fsp3) is 0.440. The number of amides is 1. The maximum atomic E-state index is 13.3. The van der Waals surface area contributed by atoms with Crippen molar-refractivity contribution in [2.45, 2.75) is 13.3 Å². The van der Waals surface area contributed by atoms with Gasteiger partial charge in [0.05, 0.1) is 36.7 Å². The third-order valence-corrected chi connectivity index (χ3v) is 7.19. The standard InChI is InChI=1S/C25H30ClN3O5S.ClH/c1-3-33-18-5-7-19(8-6-18)34-17-22(30)29(12-4-11-28-13-15-32-16-14-28)25-27-23-21(31-2)10-9-20(26)24(23)35-25;/h5-10H,3-4,11-17H2,1-2H3;1H. The summed E-state index contributed by atoms with van der Waals surface area (Å²) in [5.41, 5.74) is 0.651. The molecule has 0 spiro atoms. The zero-order valence-corrected chi connectivity index (χ0v) is 22.8. The van der Waals surface area contributed by atoms with Gasteiger partial charge in [-0.2, -0.15) is 0 Å². The van der Waals surface area contributed by atoms with E-state index in [1.54, 1.807) is 36.3 Å². The van der Waals surface area contributed by atoms with Gasteiger partial charge in [-0.25, -0.2) is 4.98 Å². The lowest BCUT2D eigenvalue weighted by Crippen LogP contribution is -2.40. The number of carbonyl (C=O) groups is 1. The Labute approximate surface area is 226 Å². The van der Waals surface area contributed by atoms with Gasteiger partial charge < -0.3 is 18.9 Å². The smallest absolute Gasteiger partial charge is 0.266 e. The molecule has 1 aliphatic rings. The van der Waals surface area contributed by atoms with E-state index < -0.39 is 0 Å². The predicted molar refractivity (Wildman–Crippen MR) is 146 cm³/mol. The topological polar surface area (TPSA) is 73.4 Å². The number of thiazole rings is 1. The highest BCUT2D eigenvalue weighted by molar-refractivity contribution is 7.23. The van der Waals surface area contributed by atoms with Crippen LogP contribution < -0.4 is 19.1 Å². The second kappa shape index (κ2) is 13.9. The van der Waals surface area contributed by atoms with Gasteiger partial charge in [0.25, 0.3) is 5.91 Å². The Bertz CT molecular complexity index is 1120. The Kier molecular flexibility index (Phi) is 10.9. The quantitative estimate of drug-likeness (QED) is 0.332. The number of rotatable bonds is 11. The van der Waals surface area contributed by atoms with Crippen molar-refractivity contribution in [3.63, 3.8) is 0 Å². The Morgan fingerprint density at radius 3 is 2.50 bits per heavy atom. The van der Waals surface area contributed by atoms with Gasteiger partial charge in [0.2, 0.25) is 0 Å². The van der Waals surface area contributed by atoms with Crippen molar-refractivity contribution >= 4 is 56.6 Å². The van der Waals surface area contributed by atoms with Crippen molar-refractivity contribution < 1.29 is 23.7 Å². The zero-order chi connectivity index (χ0) is 24.6. The van der Waals surface area contributed by atoms with Gasteiger partial charge in [0.1, 0.15) is 22.8 Å². The lowest BCUT2D eigenvalue weighted by molar-refractivity contribution is -0.120. The van der Waals surface area contributed by atoms with Crippen molar-refractivity contribution in [1.82, 2.24) is 9.88 Å². The van der Waals surface area contributed by atoms with Crippen LogP contribution in [-0.4, -0.2) is 75.5 Å². The summed E-state index contributed by atoms with van der Waals surface area (Å²) in [6.45, 7) is 7.11. The molecule has 4 rings (SSSR count). The zero-order valence-electron chi connectivity index (χ0n) is 20.4. The number of carbonyl (C=O) groups excluding carboxylic acids is 1. The Hall–Kier alpha value is -2.30. The van der Waals surface area contributed by atoms with Gasteiger partial charge in [0, 0.05) is 26.2 Å². The fourth-order valence-electron chi connectivity index (χ4n) is 3.85. The van der Waals surface area contributed by atoms with Crippen LogP contribution in [0.4, 0.5) is 5.13 Å². The molecule has 8 nitrogen and oxygen atoms in total. The molecule has 1 aromatic heterocycles. The number of fused-ring (bicyclic) bond motifs is 1. The average molecular weight is 557 g/mol. The fourth-order valence-corrected chi connectivity index (χ4v) is 5.15. The second-order valence-corrected chi connectivity index (χ2v) is 9.35. The number of ether oxygens (including phenoxy) is 4. The van der Waals surface area contributed by atoms with Crippen LogP contribution in [0.15, 0.2) is 36.4 Å². The highest BCUT2D eigenvalue weighted by Crippen LogP contribution is 2.38. The van der Waals surface area contributed by atoms with Crippen LogP contribution in [0.1, 0.15) is 13.3 Å². The predicted octanol–water partition coefficient (Wildman–Crippen LogP) is 4.91. The molecule has 0 aliphatic carbocycles. The van der Waals surface area contributed by atoms with E-state index >= 15 is 0 Å². The van der Waals surface area contributed by atoms with E-state index in [4.69, 9.17) is 35.5 Å². The number of anilines is 1. The van der Waals surface area contributed by atoms with Crippen molar-refractivity contribution in [3.05, 3.63) is 41.4 Å². The highest BCUT2D eigenvalue weighted by atomic mass is 35.5. The largest absolute Gasteiger partial charge is 0.494 e. The number of nitrogens with zero attached hydrogens (tertiary/aromatic N) is 3. The minimum atomic E-state index is -0.171. The molecule has 11 heteroatoms. The van der Waals surface area contributed by atoms with E-state index in [9.17, 15) is 4.79 Å². The molecule has 0 N–H and O–H groups in total. The van der Waals surface area contributed by atoms with Gasteiger partial charge >= 0.3 is 0 Å². The number of hydrogen-bond donors (Lipinski definition) is 0. The summed E-state index contributed by atoms with van der Waals surface area (Å²) in [5.74, 6) is 1.81. The number of methoxy groups -OCH3 is 1. The van der Waals surface area contributed by atoms with Gasteiger partial charge in [-0.05, 0) is 49.7 Å². The Morgan fingerprint density at radius 2 is 1.83 bits per heavy atom. The second-order valence-electron chi connectivity index (χ2n) is 7.97. The number of morpholine rings is 1. The van der Waals surface area contributed by atoms with Gasteiger partial charge in [-0.3, -0.25) is 14.6 Å². The van der Waals surface area contributed by atoms with Crippen molar-refractivity contribution in [1.29, 1.82) is 0 Å². The van der Waals surface area contributed by atoms with Crippen LogP contribution in [-0.2, 0) is 9.53 Å². The molecular weight excluding hydrogens is 525 g/mol. The molecule has 36 heavy (non-hydrogen) atoms. The van der Waals surface area contributed by atoms with Gasteiger partial charge in [-0.15, -0.1) is 12.4 Å². The first-order chi connectivity index (χ1) is 17.1. The van der Waals surface area contributed by atoms with E-state index in [0.29, 0.717) is 40.3 Å². The molecule has 196 valence electrons. The first-order valence-corrected chi connectivity index (χ1v) is 12.9. The summed E-state index contributed by atoms with van der Waals surface area (Å²) in [4.78, 5) is 22.1. The molecule has 1 fully saturated rings. The molecule has 3 aromatic rings. The van der Waals surface area contributed by atoms with E-state index in [2.05, 4.69) is 4.90 Å². The first-order valence-electron chi connectivity index (χ1n) is 11.7. The van der Waals surface area contributed by atoms with Crippen molar-refractivity contribution in [3.8, 4) is 17.2 Å². The molecule has 1 aliphatic heterocycles. The lowest BCUT2D eigenvalue weighted by atomic mass is 10.3. The molecule has 0 atom stereocenters. The van der Waals surface area contributed by atoms with Crippen molar-refractivity contribution in [2.24, 2.45) is 0 Å². The maximum absolute atomic E-state index is 13.3. The molecule has 0 radical (unpaired) electrons. The molecule has 0 saturated carbocycles. The van der Waals surface area contributed by atoms with E-state index in [-0.39, 0.29) is 24.9 Å². The minimum Gasteiger partial charge on any atom is -0.494 e. The van der Waals surface area contributed by atoms with Crippen LogP contribution >= 0.6 is 35.3 Å². The number of aromatic nitrogens is 1. The molecule has 0 bridgehead atoms. The molecule has 2 heterocycles. The molecule has 0 unspecified atom stereocenters. The Morgan fingerprint density at radius 1 is 1.14 bits per heavy atom. The monoisotopic (exact) mass is 555 g/mol. The average Bonchev–Trinajstić information content (AvgIpc) is 3.33. The third-order valence-electron chi connectivity index (χ3n) is 5.66. The highest BCUT2D eigenvalue weighted by Gasteiger charge is 2.23. The van der Waals surface area contributed by atoms with Crippen LogP contribution in [0.25, 0.3) is 10.2 Å². The first kappa shape index (κ1) is 28.3. The summed E-state index contributed by atoms with van der Waals surface area (Å²) in [7, 11) is 1.59. The van der Waals surface area contributed by atoms with E-state index in [1.807, 2.05) is 19.1 Å². The number of halogens is 2. The third kappa shape index (κ3) is 7.14. The van der Waals surface area contributed by atoms with Crippen LogP contribution in [0, 0.1) is 0 Å². The normalized spacial score (nSPS) is 13.8. The lowest BCUT2D eigenvalue weighted by Gasteiger charge is -2.27. The number of hydrogen-bond acceptors (Lipinski definition) is 8. The van der Waals surface area contributed by atoms with Crippen LogP contribution in [0.2, 0.25) is 5.02 Å². The summed E-state index contributed by atoms with van der Waals surface area (Å²) in [6, 6.07) is 10.8. The van der Waals surface area contributed by atoms with Crippen LogP contribution in [0.5, 0.6) is 17.2 Å². The summed E-state index contributed by atoms with van der Waals surface area (Å²) in [6.07, 6.45) is 0.801. The minimum absolute atomic E-state index is 0. The van der Waals surface area contributed by atoms with Gasteiger partial charge in [-0.1, -0.05) is 22.9 Å². The summed E-state index contributed by atoms with van der Waals surface area (Å²) in [5, 5.41) is 1.16.